The van der Waals surface area contributed by atoms with Gasteiger partial charge in [-0.15, -0.1) is 10.2 Å². The summed E-state index contributed by atoms with van der Waals surface area (Å²) in [5.41, 5.74) is 3.77. The number of carbonyl (C=O) groups excluding carboxylic acids is 1. The zero-order valence-corrected chi connectivity index (χ0v) is 20.2. The van der Waals surface area contributed by atoms with Crippen molar-refractivity contribution >= 4 is 40.8 Å². The second kappa shape index (κ2) is 11.0. The maximum Gasteiger partial charge on any atom is 0.233 e. The van der Waals surface area contributed by atoms with Crippen molar-refractivity contribution < 1.29 is 4.79 Å². The Morgan fingerprint density at radius 2 is 1.57 bits per heavy atom. The predicted molar refractivity (Wildman–Crippen MR) is 128 cm³/mol. The normalized spacial score (nSPS) is 12.2. The number of amides is 1. The fourth-order valence-electron chi connectivity index (χ4n) is 2.85. The molecule has 1 aromatic heterocycles. The van der Waals surface area contributed by atoms with Crippen LogP contribution in [0.15, 0.2) is 63.3 Å². The van der Waals surface area contributed by atoms with Gasteiger partial charge in [-0.05, 0) is 29.5 Å². The van der Waals surface area contributed by atoms with Crippen molar-refractivity contribution in [1.29, 1.82) is 0 Å². The third-order valence-electron chi connectivity index (χ3n) is 4.97. The SMILES string of the molecule is CC(C)c1ccc(CSc2nnc(SCC(=O)N(C)C(C)c3ccccc3)s2)cc1. The summed E-state index contributed by atoms with van der Waals surface area (Å²) in [4.78, 5) is 14.4. The van der Waals surface area contributed by atoms with Gasteiger partial charge in [-0.2, -0.15) is 0 Å². The lowest BCUT2D eigenvalue weighted by atomic mass is 10.0. The largest absolute Gasteiger partial charge is 0.338 e. The number of thioether (sulfide) groups is 2. The monoisotopic (exact) mass is 457 g/mol. The van der Waals surface area contributed by atoms with Crippen LogP contribution < -0.4 is 0 Å². The van der Waals surface area contributed by atoms with Crippen LogP contribution in [0.1, 0.15) is 49.4 Å². The summed E-state index contributed by atoms with van der Waals surface area (Å²) in [7, 11) is 1.85. The number of benzene rings is 2. The van der Waals surface area contributed by atoms with Crippen molar-refractivity contribution in [1.82, 2.24) is 15.1 Å². The summed E-state index contributed by atoms with van der Waals surface area (Å²) >= 11 is 4.70. The summed E-state index contributed by atoms with van der Waals surface area (Å²) < 4.78 is 1.77. The first-order valence-electron chi connectivity index (χ1n) is 9.92. The van der Waals surface area contributed by atoms with E-state index in [1.165, 1.54) is 22.9 Å². The van der Waals surface area contributed by atoms with Crippen molar-refractivity contribution in [3.63, 3.8) is 0 Å². The molecule has 158 valence electrons. The van der Waals surface area contributed by atoms with Gasteiger partial charge < -0.3 is 4.90 Å². The lowest BCUT2D eigenvalue weighted by molar-refractivity contribution is -0.128. The predicted octanol–water partition coefficient (Wildman–Crippen LogP) is 6.27. The Morgan fingerprint density at radius 1 is 0.933 bits per heavy atom. The average molecular weight is 458 g/mol. The highest BCUT2D eigenvalue weighted by atomic mass is 32.2. The Morgan fingerprint density at radius 3 is 2.20 bits per heavy atom. The van der Waals surface area contributed by atoms with Crippen LogP contribution in [-0.2, 0) is 10.5 Å². The number of hydrogen-bond donors (Lipinski definition) is 0. The molecule has 2 aromatic carbocycles. The van der Waals surface area contributed by atoms with E-state index in [2.05, 4.69) is 48.3 Å². The molecule has 30 heavy (non-hydrogen) atoms. The molecule has 0 aliphatic heterocycles. The summed E-state index contributed by atoms with van der Waals surface area (Å²) in [6, 6.07) is 18.9. The van der Waals surface area contributed by atoms with E-state index in [9.17, 15) is 4.79 Å². The highest BCUT2D eigenvalue weighted by molar-refractivity contribution is 8.03. The second-order valence-corrected chi connectivity index (χ2v) is 10.8. The fourth-order valence-corrected chi connectivity index (χ4v) is 5.75. The first kappa shape index (κ1) is 22.8. The highest BCUT2D eigenvalue weighted by Crippen LogP contribution is 2.31. The van der Waals surface area contributed by atoms with Gasteiger partial charge >= 0.3 is 0 Å². The molecule has 0 N–H and O–H groups in total. The molecule has 0 aliphatic rings. The molecule has 0 bridgehead atoms. The van der Waals surface area contributed by atoms with Crippen LogP contribution >= 0.6 is 34.9 Å². The molecule has 1 heterocycles. The van der Waals surface area contributed by atoms with Crippen LogP contribution in [-0.4, -0.2) is 33.8 Å². The Labute approximate surface area is 191 Å². The minimum absolute atomic E-state index is 0.0434. The van der Waals surface area contributed by atoms with E-state index < -0.39 is 0 Å². The molecule has 0 radical (unpaired) electrons. The van der Waals surface area contributed by atoms with Gasteiger partial charge in [-0.1, -0.05) is 103 Å². The van der Waals surface area contributed by atoms with E-state index in [1.807, 2.05) is 44.3 Å². The lowest BCUT2D eigenvalue weighted by Gasteiger charge is -2.25. The Bertz CT molecular complexity index is 942. The molecule has 0 fully saturated rings. The van der Waals surface area contributed by atoms with Crippen molar-refractivity contribution in [3.05, 3.63) is 71.3 Å². The number of carbonyl (C=O) groups is 1. The zero-order chi connectivity index (χ0) is 21.5. The van der Waals surface area contributed by atoms with Crippen LogP contribution in [0.2, 0.25) is 0 Å². The van der Waals surface area contributed by atoms with Crippen LogP contribution in [0.4, 0.5) is 0 Å². The quantitative estimate of drug-likeness (QED) is 0.355. The van der Waals surface area contributed by atoms with E-state index in [0.29, 0.717) is 11.7 Å². The van der Waals surface area contributed by atoms with E-state index in [-0.39, 0.29) is 11.9 Å². The third-order valence-corrected chi connectivity index (χ3v) is 8.22. The number of hydrogen-bond acceptors (Lipinski definition) is 6. The first-order valence-corrected chi connectivity index (χ1v) is 12.7. The van der Waals surface area contributed by atoms with E-state index >= 15 is 0 Å². The van der Waals surface area contributed by atoms with Gasteiger partial charge in [0, 0.05) is 12.8 Å². The van der Waals surface area contributed by atoms with Crippen molar-refractivity contribution in [2.45, 2.75) is 47.2 Å². The molecule has 1 amide bonds. The maximum absolute atomic E-state index is 12.6. The third kappa shape index (κ3) is 6.33. The molecular weight excluding hydrogens is 430 g/mol. The Kier molecular flexibility index (Phi) is 8.36. The summed E-state index contributed by atoms with van der Waals surface area (Å²) in [5.74, 6) is 1.87. The van der Waals surface area contributed by atoms with Gasteiger partial charge in [-0.3, -0.25) is 4.79 Å². The molecule has 1 unspecified atom stereocenters. The molecule has 0 saturated carbocycles. The summed E-state index contributed by atoms with van der Waals surface area (Å²) in [5, 5.41) is 8.51. The summed E-state index contributed by atoms with van der Waals surface area (Å²) in [6.07, 6.45) is 0. The van der Waals surface area contributed by atoms with Crippen molar-refractivity contribution in [2.75, 3.05) is 12.8 Å². The van der Waals surface area contributed by atoms with Gasteiger partial charge in [0.25, 0.3) is 0 Å². The standard InChI is InChI=1S/C23H27N3OS3/c1-16(2)19-12-10-18(11-13-19)14-28-22-24-25-23(30-22)29-15-21(27)26(4)17(3)20-8-6-5-7-9-20/h5-13,16-17H,14-15H2,1-4H3. The number of aromatic nitrogens is 2. The number of rotatable bonds is 9. The van der Waals surface area contributed by atoms with E-state index in [1.54, 1.807) is 28.0 Å². The Hall–Kier alpha value is -1.83. The molecule has 7 heteroatoms. The molecule has 0 aliphatic carbocycles. The molecule has 4 nitrogen and oxygen atoms in total. The molecule has 3 aromatic rings. The molecule has 1 atom stereocenters. The molecule has 0 spiro atoms. The smallest absolute Gasteiger partial charge is 0.233 e. The molecular formula is C23H27N3OS3. The Balaban J connectivity index is 1.47. The van der Waals surface area contributed by atoms with Crippen LogP contribution in [0.3, 0.4) is 0 Å². The van der Waals surface area contributed by atoms with Gasteiger partial charge in [0.05, 0.1) is 11.8 Å². The van der Waals surface area contributed by atoms with E-state index in [0.717, 1.165) is 20.0 Å². The second-order valence-electron chi connectivity index (χ2n) is 7.40. The van der Waals surface area contributed by atoms with Crippen LogP contribution in [0.5, 0.6) is 0 Å². The van der Waals surface area contributed by atoms with Gasteiger partial charge in [0.1, 0.15) is 0 Å². The van der Waals surface area contributed by atoms with Gasteiger partial charge in [0.2, 0.25) is 5.91 Å². The maximum atomic E-state index is 12.6. The van der Waals surface area contributed by atoms with Crippen molar-refractivity contribution in [2.24, 2.45) is 0 Å². The van der Waals surface area contributed by atoms with E-state index in [4.69, 9.17) is 0 Å². The average Bonchev–Trinajstić information content (AvgIpc) is 3.23. The summed E-state index contributed by atoms with van der Waals surface area (Å²) in [6.45, 7) is 6.45. The van der Waals surface area contributed by atoms with Gasteiger partial charge in [-0.25, -0.2) is 0 Å². The minimum Gasteiger partial charge on any atom is -0.338 e. The first-order chi connectivity index (χ1) is 14.4. The number of nitrogens with zero attached hydrogens (tertiary/aromatic N) is 3. The highest BCUT2D eigenvalue weighted by Gasteiger charge is 2.18. The topological polar surface area (TPSA) is 46.1 Å². The van der Waals surface area contributed by atoms with Crippen molar-refractivity contribution in [3.8, 4) is 0 Å². The molecule has 3 rings (SSSR count). The zero-order valence-electron chi connectivity index (χ0n) is 17.7. The minimum atomic E-state index is 0.0434. The van der Waals surface area contributed by atoms with Crippen LogP contribution in [0.25, 0.3) is 0 Å². The van der Waals surface area contributed by atoms with Crippen LogP contribution in [0, 0.1) is 0 Å². The molecule has 0 saturated heterocycles. The fraction of sp³-hybridized carbons (Fsp3) is 0.348. The van der Waals surface area contributed by atoms with Gasteiger partial charge in [0.15, 0.2) is 8.68 Å². The lowest BCUT2D eigenvalue weighted by Crippen LogP contribution is -2.31.